The Bertz CT molecular complexity index is 1390. The van der Waals surface area contributed by atoms with Crippen molar-refractivity contribution in [3.05, 3.63) is 72.3 Å². The monoisotopic (exact) mass is 473 g/mol. The van der Waals surface area contributed by atoms with Crippen LogP contribution in [0.25, 0.3) is 16.8 Å². The molecule has 1 N–H and O–H groups in total. The molecule has 0 aliphatic carbocycles. The highest BCUT2D eigenvalue weighted by molar-refractivity contribution is 5.81. The van der Waals surface area contributed by atoms with Crippen LogP contribution in [0.4, 0.5) is 10.2 Å². The van der Waals surface area contributed by atoms with E-state index in [1.165, 1.54) is 12.1 Å². The second-order valence-electron chi connectivity index (χ2n) is 8.81. The van der Waals surface area contributed by atoms with Gasteiger partial charge < -0.3 is 19.7 Å². The third-order valence-corrected chi connectivity index (χ3v) is 6.50. The fourth-order valence-corrected chi connectivity index (χ4v) is 4.68. The van der Waals surface area contributed by atoms with Crippen molar-refractivity contribution in [2.24, 2.45) is 5.92 Å². The maximum atomic E-state index is 13.3. The molecule has 0 spiro atoms. The Morgan fingerprint density at radius 1 is 1.11 bits per heavy atom. The van der Waals surface area contributed by atoms with Crippen molar-refractivity contribution in [2.45, 2.75) is 19.4 Å². The van der Waals surface area contributed by atoms with E-state index in [9.17, 15) is 9.18 Å². The molecule has 0 unspecified atom stereocenters. The zero-order valence-electron chi connectivity index (χ0n) is 19.0. The van der Waals surface area contributed by atoms with Crippen LogP contribution >= 0.6 is 0 Å². The van der Waals surface area contributed by atoms with Crippen molar-refractivity contribution in [3.8, 4) is 22.8 Å². The molecule has 1 saturated heterocycles. The predicted octanol–water partition coefficient (Wildman–Crippen LogP) is 3.80. The number of nitrogens with zero attached hydrogens (tertiary/aromatic N) is 4. The molecule has 4 heterocycles. The molecule has 1 fully saturated rings. The number of carbonyl (C=O) groups excluding carboxylic acids is 1. The highest BCUT2D eigenvalue weighted by Crippen LogP contribution is 2.33. The minimum atomic E-state index is -0.281. The normalized spacial score (nSPS) is 17.1. The summed E-state index contributed by atoms with van der Waals surface area (Å²) in [5.41, 5.74) is 3.40. The van der Waals surface area contributed by atoms with Gasteiger partial charge in [0.1, 0.15) is 11.3 Å². The maximum absolute atomic E-state index is 13.3. The average Bonchev–Trinajstić information content (AvgIpc) is 3.54. The van der Waals surface area contributed by atoms with Crippen LogP contribution in [0, 0.1) is 11.7 Å². The lowest BCUT2D eigenvalue weighted by Gasteiger charge is -2.33. The molecule has 6 rings (SSSR count). The number of piperidine rings is 1. The van der Waals surface area contributed by atoms with Gasteiger partial charge in [-0.2, -0.15) is 5.10 Å². The molecule has 35 heavy (non-hydrogen) atoms. The van der Waals surface area contributed by atoms with Crippen LogP contribution in [0.2, 0.25) is 0 Å². The van der Waals surface area contributed by atoms with Gasteiger partial charge in [0.25, 0.3) is 0 Å². The van der Waals surface area contributed by atoms with E-state index in [1.54, 1.807) is 29.0 Å². The minimum absolute atomic E-state index is 0.0276. The van der Waals surface area contributed by atoms with E-state index in [1.807, 2.05) is 24.3 Å². The van der Waals surface area contributed by atoms with Gasteiger partial charge in [0.15, 0.2) is 17.3 Å². The number of aromatic nitrogens is 3. The van der Waals surface area contributed by atoms with Crippen LogP contribution in [0.15, 0.2) is 60.9 Å². The van der Waals surface area contributed by atoms with Crippen LogP contribution in [-0.2, 0) is 11.3 Å². The first kappa shape index (κ1) is 21.4. The summed E-state index contributed by atoms with van der Waals surface area (Å²) in [4.78, 5) is 19.8. The zero-order valence-corrected chi connectivity index (χ0v) is 19.0. The number of carbonyl (C=O) groups is 1. The highest BCUT2D eigenvalue weighted by Gasteiger charge is 2.28. The van der Waals surface area contributed by atoms with Crippen molar-refractivity contribution in [1.29, 1.82) is 0 Å². The topological polar surface area (TPSA) is 81.0 Å². The fraction of sp³-hybridized carbons (Fsp3) is 0.269. The van der Waals surface area contributed by atoms with Crippen LogP contribution < -0.4 is 19.7 Å². The largest absolute Gasteiger partial charge is 0.454 e. The van der Waals surface area contributed by atoms with Crippen molar-refractivity contribution in [3.63, 3.8) is 0 Å². The van der Waals surface area contributed by atoms with Gasteiger partial charge in [0.2, 0.25) is 12.7 Å². The van der Waals surface area contributed by atoms with Gasteiger partial charge in [-0.15, -0.1) is 0 Å². The number of amides is 1. The van der Waals surface area contributed by atoms with Crippen LogP contribution in [0.1, 0.15) is 18.4 Å². The van der Waals surface area contributed by atoms with Crippen molar-refractivity contribution < 1.29 is 18.7 Å². The number of benzene rings is 2. The molecule has 178 valence electrons. The van der Waals surface area contributed by atoms with Gasteiger partial charge in [-0.05, 0) is 60.9 Å². The summed E-state index contributed by atoms with van der Waals surface area (Å²) in [6.45, 7) is 2.06. The van der Waals surface area contributed by atoms with Gasteiger partial charge in [0, 0.05) is 37.6 Å². The van der Waals surface area contributed by atoms with Crippen LogP contribution in [0.3, 0.4) is 0 Å². The quantitative estimate of drug-likeness (QED) is 0.475. The molecule has 2 aromatic heterocycles. The molecule has 8 nitrogen and oxygen atoms in total. The summed E-state index contributed by atoms with van der Waals surface area (Å²) in [6, 6.07) is 13.9. The summed E-state index contributed by atoms with van der Waals surface area (Å²) >= 11 is 0. The molecule has 0 radical (unpaired) electrons. The summed E-state index contributed by atoms with van der Waals surface area (Å²) < 4.78 is 25.9. The minimum Gasteiger partial charge on any atom is -0.454 e. The van der Waals surface area contributed by atoms with Crippen LogP contribution in [-0.4, -0.2) is 40.4 Å². The number of hydrogen-bond acceptors (Lipinski definition) is 6. The van der Waals surface area contributed by atoms with E-state index in [4.69, 9.17) is 9.47 Å². The first-order valence-electron chi connectivity index (χ1n) is 11.7. The van der Waals surface area contributed by atoms with Gasteiger partial charge in [0.05, 0.1) is 11.6 Å². The first-order chi connectivity index (χ1) is 17.1. The number of ether oxygens (including phenoxy) is 2. The zero-order chi connectivity index (χ0) is 23.8. The molecule has 0 saturated carbocycles. The number of nitrogens with one attached hydrogen (secondary N) is 1. The second-order valence-corrected chi connectivity index (χ2v) is 8.81. The van der Waals surface area contributed by atoms with Gasteiger partial charge in [-0.3, -0.25) is 4.79 Å². The summed E-state index contributed by atoms with van der Waals surface area (Å²) in [6.07, 6.45) is 5.23. The van der Waals surface area contributed by atoms with E-state index in [-0.39, 0.29) is 24.4 Å². The molecule has 0 bridgehead atoms. The van der Waals surface area contributed by atoms with Gasteiger partial charge >= 0.3 is 0 Å². The van der Waals surface area contributed by atoms with E-state index in [2.05, 4.69) is 20.3 Å². The van der Waals surface area contributed by atoms with E-state index < -0.39 is 0 Å². The summed E-state index contributed by atoms with van der Waals surface area (Å²) in [5.74, 6) is 1.84. The molecular weight excluding hydrogens is 449 g/mol. The van der Waals surface area contributed by atoms with E-state index in [0.29, 0.717) is 18.8 Å². The second kappa shape index (κ2) is 8.90. The number of rotatable bonds is 5. The molecular formula is C26H24FN5O3. The molecule has 2 aliphatic rings. The molecule has 1 amide bonds. The Kier molecular flexibility index (Phi) is 5.44. The lowest BCUT2D eigenvalue weighted by Crippen LogP contribution is -2.43. The Hall–Kier alpha value is -4.14. The lowest BCUT2D eigenvalue weighted by atomic mass is 9.97. The van der Waals surface area contributed by atoms with E-state index in [0.717, 1.165) is 53.3 Å². The van der Waals surface area contributed by atoms with Crippen molar-refractivity contribution in [1.82, 2.24) is 19.9 Å². The highest BCUT2D eigenvalue weighted by atomic mass is 19.1. The smallest absolute Gasteiger partial charge is 0.231 e. The number of anilines is 1. The molecule has 2 aromatic carbocycles. The third kappa shape index (κ3) is 4.25. The average molecular weight is 474 g/mol. The van der Waals surface area contributed by atoms with Crippen molar-refractivity contribution in [2.75, 3.05) is 24.8 Å². The summed E-state index contributed by atoms with van der Waals surface area (Å²) in [5, 5.41) is 7.71. The Balaban J connectivity index is 1.17. The standard InChI is InChI=1S/C26H24FN5O3/c27-20-6-4-18(5-7-20)21-13-22-25(28-9-11-32(22)30-21)31-10-1-2-19(15-31)26(33)29-14-17-3-8-23-24(12-17)35-16-34-23/h3-9,11-13,19H,1-2,10,14-16H2,(H,29,33)/t19-/m0/s1. The van der Waals surface area contributed by atoms with Crippen LogP contribution in [0.5, 0.6) is 11.5 Å². The fourth-order valence-electron chi connectivity index (χ4n) is 4.68. The van der Waals surface area contributed by atoms with Gasteiger partial charge in [-0.1, -0.05) is 6.07 Å². The first-order valence-corrected chi connectivity index (χ1v) is 11.7. The Morgan fingerprint density at radius 2 is 1.97 bits per heavy atom. The Morgan fingerprint density at radius 3 is 2.86 bits per heavy atom. The molecule has 4 aromatic rings. The van der Waals surface area contributed by atoms with Gasteiger partial charge in [-0.25, -0.2) is 13.9 Å². The maximum Gasteiger partial charge on any atom is 0.231 e. The molecule has 9 heteroatoms. The van der Waals surface area contributed by atoms with Crippen molar-refractivity contribution >= 4 is 17.2 Å². The predicted molar refractivity (Wildman–Crippen MR) is 128 cm³/mol. The SMILES string of the molecule is O=C(NCc1ccc2c(c1)OCO2)[C@H]1CCCN(c2nccn3nc(-c4ccc(F)cc4)cc23)C1. The van der Waals surface area contributed by atoms with E-state index >= 15 is 0 Å². The third-order valence-electron chi connectivity index (χ3n) is 6.50. The Labute approximate surface area is 201 Å². The number of fused-ring (bicyclic) bond motifs is 2. The number of hydrogen-bond donors (Lipinski definition) is 1. The molecule has 2 aliphatic heterocycles. The summed E-state index contributed by atoms with van der Waals surface area (Å²) in [7, 11) is 0. The molecule has 1 atom stereocenters. The lowest BCUT2D eigenvalue weighted by molar-refractivity contribution is -0.125. The number of halogens is 1.